The third-order valence-corrected chi connectivity index (χ3v) is 6.78. The van der Waals surface area contributed by atoms with Crippen LogP contribution in [0.25, 0.3) is 0 Å². The van der Waals surface area contributed by atoms with Crippen molar-refractivity contribution in [1.82, 2.24) is 35.8 Å². The van der Waals surface area contributed by atoms with Gasteiger partial charge in [0.15, 0.2) is 5.69 Å². The van der Waals surface area contributed by atoms with E-state index in [1.165, 1.54) is 42.9 Å². The van der Waals surface area contributed by atoms with E-state index in [1.807, 2.05) is 12.1 Å². The number of carbonyl (C=O) groups excluding carboxylic acids is 2. The van der Waals surface area contributed by atoms with Crippen LogP contribution >= 0.6 is 11.3 Å². The number of hydrogen-bond donors (Lipinski definition) is 2. The van der Waals surface area contributed by atoms with Crippen LogP contribution in [0.1, 0.15) is 56.5 Å². The summed E-state index contributed by atoms with van der Waals surface area (Å²) in [6, 6.07) is 8.23. The Morgan fingerprint density at radius 2 is 1.97 bits per heavy atom. The Bertz CT molecular complexity index is 1140. The number of alkyl halides is 1. The summed E-state index contributed by atoms with van der Waals surface area (Å²) in [5.74, 6) is -0.667. The first kappa shape index (κ1) is 24.7. The summed E-state index contributed by atoms with van der Waals surface area (Å²) in [4.78, 5) is 26.4. The highest BCUT2D eigenvalue weighted by molar-refractivity contribution is 7.13. The Kier molecular flexibility index (Phi) is 8.35. The van der Waals surface area contributed by atoms with E-state index in [2.05, 4.69) is 48.2 Å². The SMILES string of the molecule is CNC(=O)c1cn(CC(F)CCc2nnc(C(=O)NCc3cccc(N4CCCCC4)c3)s2)nn1. The summed E-state index contributed by atoms with van der Waals surface area (Å²) in [6.07, 6.45) is 4.44. The van der Waals surface area contributed by atoms with Crippen molar-refractivity contribution in [3.8, 4) is 0 Å². The smallest absolute Gasteiger partial charge is 0.282 e. The predicted octanol–water partition coefficient (Wildman–Crippen LogP) is 2.38. The van der Waals surface area contributed by atoms with Crippen LogP contribution in [0.2, 0.25) is 0 Å². The number of piperidine rings is 1. The molecule has 2 N–H and O–H groups in total. The van der Waals surface area contributed by atoms with Gasteiger partial charge in [-0.1, -0.05) is 28.7 Å². The minimum absolute atomic E-state index is 0.0212. The molecule has 3 heterocycles. The third kappa shape index (κ3) is 6.81. The van der Waals surface area contributed by atoms with Gasteiger partial charge in [0.2, 0.25) is 5.01 Å². The van der Waals surface area contributed by atoms with Crippen LogP contribution in [0.5, 0.6) is 0 Å². The van der Waals surface area contributed by atoms with Crippen molar-refractivity contribution in [2.24, 2.45) is 0 Å². The molecule has 1 fully saturated rings. The third-order valence-electron chi connectivity index (χ3n) is 5.80. The van der Waals surface area contributed by atoms with E-state index in [0.29, 0.717) is 18.0 Å². The van der Waals surface area contributed by atoms with Gasteiger partial charge in [0.25, 0.3) is 11.8 Å². The molecule has 12 heteroatoms. The van der Waals surface area contributed by atoms with Gasteiger partial charge in [-0.2, -0.15) is 0 Å². The van der Waals surface area contributed by atoms with Gasteiger partial charge in [-0.05, 0) is 43.4 Å². The predicted molar refractivity (Wildman–Crippen MR) is 130 cm³/mol. The first-order valence-corrected chi connectivity index (χ1v) is 12.5. The first-order valence-electron chi connectivity index (χ1n) is 11.7. The lowest BCUT2D eigenvalue weighted by molar-refractivity contribution is 0.0945. The number of anilines is 1. The first-order chi connectivity index (χ1) is 17.0. The summed E-state index contributed by atoms with van der Waals surface area (Å²) < 4.78 is 15.7. The Morgan fingerprint density at radius 1 is 1.14 bits per heavy atom. The molecule has 0 radical (unpaired) electrons. The zero-order chi connectivity index (χ0) is 24.6. The molecule has 1 aliphatic rings. The topological polar surface area (TPSA) is 118 Å². The summed E-state index contributed by atoms with van der Waals surface area (Å²) in [6.45, 7) is 2.52. The molecule has 4 rings (SSSR count). The summed E-state index contributed by atoms with van der Waals surface area (Å²) >= 11 is 1.16. The lowest BCUT2D eigenvalue weighted by atomic mass is 10.1. The maximum absolute atomic E-state index is 14.4. The zero-order valence-electron chi connectivity index (χ0n) is 19.6. The molecule has 186 valence electrons. The van der Waals surface area contributed by atoms with E-state index in [9.17, 15) is 14.0 Å². The molecule has 0 bridgehead atoms. The molecule has 1 aromatic carbocycles. The highest BCUT2D eigenvalue weighted by Crippen LogP contribution is 2.21. The molecule has 0 spiro atoms. The molecular formula is C23H29FN8O2S. The van der Waals surface area contributed by atoms with Gasteiger partial charge in [0.05, 0.1) is 12.7 Å². The van der Waals surface area contributed by atoms with Crippen LogP contribution < -0.4 is 15.5 Å². The number of nitrogens with one attached hydrogen (secondary N) is 2. The largest absolute Gasteiger partial charge is 0.372 e. The molecule has 35 heavy (non-hydrogen) atoms. The number of benzene rings is 1. The molecule has 0 saturated carbocycles. The second-order valence-corrected chi connectivity index (χ2v) is 9.50. The lowest BCUT2D eigenvalue weighted by Crippen LogP contribution is -2.29. The Labute approximate surface area is 206 Å². The molecule has 2 amide bonds. The number of rotatable bonds is 10. The standard InChI is InChI=1S/C23H29FN8O2S/c1-25-21(33)19-15-32(30-27-19)14-17(24)8-9-20-28-29-23(35-20)22(34)26-13-16-6-5-7-18(12-16)31-10-3-2-4-11-31/h5-7,12,15,17H,2-4,8-11,13-14H2,1H3,(H,25,33)(H,26,34). The maximum Gasteiger partial charge on any atom is 0.282 e. The Hall–Kier alpha value is -3.41. The highest BCUT2D eigenvalue weighted by atomic mass is 32.1. The van der Waals surface area contributed by atoms with Gasteiger partial charge in [-0.15, -0.1) is 15.3 Å². The Balaban J connectivity index is 1.23. The second-order valence-electron chi connectivity index (χ2n) is 8.44. The van der Waals surface area contributed by atoms with E-state index < -0.39 is 6.17 Å². The number of halogens is 1. The minimum atomic E-state index is -1.21. The second kappa shape index (κ2) is 11.8. The maximum atomic E-state index is 14.4. The molecule has 1 unspecified atom stereocenters. The summed E-state index contributed by atoms with van der Waals surface area (Å²) in [5, 5.41) is 21.7. The minimum Gasteiger partial charge on any atom is -0.372 e. The average molecular weight is 501 g/mol. The van der Waals surface area contributed by atoms with Crippen molar-refractivity contribution >= 4 is 28.8 Å². The van der Waals surface area contributed by atoms with Crippen molar-refractivity contribution in [2.75, 3.05) is 25.0 Å². The van der Waals surface area contributed by atoms with Gasteiger partial charge < -0.3 is 15.5 Å². The number of nitrogens with zero attached hydrogens (tertiary/aromatic N) is 6. The highest BCUT2D eigenvalue weighted by Gasteiger charge is 2.17. The van der Waals surface area contributed by atoms with Crippen molar-refractivity contribution in [3.63, 3.8) is 0 Å². The fourth-order valence-corrected chi connectivity index (χ4v) is 4.68. The number of carbonyl (C=O) groups is 2. The van der Waals surface area contributed by atoms with Crippen molar-refractivity contribution in [3.05, 3.63) is 51.7 Å². The molecule has 2 aromatic heterocycles. The van der Waals surface area contributed by atoms with Crippen molar-refractivity contribution in [1.29, 1.82) is 0 Å². The zero-order valence-corrected chi connectivity index (χ0v) is 20.4. The van der Waals surface area contributed by atoms with Crippen LogP contribution in [0.4, 0.5) is 10.1 Å². The quantitative estimate of drug-likeness (QED) is 0.439. The molecule has 3 aromatic rings. The number of hydrogen-bond acceptors (Lipinski definition) is 8. The number of amides is 2. The molecular weight excluding hydrogens is 471 g/mol. The van der Waals surface area contributed by atoms with Crippen LogP contribution in [0, 0.1) is 0 Å². The van der Waals surface area contributed by atoms with Gasteiger partial charge in [0, 0.05) is 38.8 Å². The van der Waals surface area contributed by atoms with Gasteiger partial charge in [-0.25, -0.2) is 9.07 Å². The van der Waals surface area contributed by atoms with Crippen LogP contribution in [-0.2, 0) is 19.5 Å². The van der Waals surface area contributed by atoms with Crippen LogP contribution in [0.3, 0.4) is 0 Å². The van der Waals surface area contributed by atoms with E-state index in [0.717, 1.165) is 30.0 Å². The van der Waals surface area contributed by atoms with Crippen LogP contribution in [0.15, 0.2) is 30.5 Å². The van der Waals surface area contributed by atoms with E-state index >= 15 is 0 Å². The fourth-order valence-electron chi connectivity index (χ4n) is 3.91. The van der Waals surface area contributed by atoms with Crippen molar-refractivity contribution in [2.45, 2.75) is 51.4 Å². The van der Waals surface area contributed by atoms with Gasteiger partial charge in [-0.3, -0.25) is 9.59 Å². The van der Waals surface area contributed by atoms with Crippen molar-refractivity contribution < 1.29 is 14.0 Å². The average Bonchev–Trinajstić information content (AvgIpc) is 3.56. The molecule has 0 aliphatic carbocycles. The molecule has 10 nitrogen and oxygen atoms in total. The normalized spacial score (nSPS) is 14.5. The number of aromatic nitrogens is 5. The van der Waals surface area contributed by atoms with E-state index in [-0.39, 0.29) is 35.5 Å². The lowest BCUT2D eigenvalue weighted by Gasteiger charge is -2.29. The monoisotopic (exact) mass is 500 g/mol. The summed E-state index contributed by atoms with van der Waals surface area (Å²) in [5.41, 5.74) is 2.35. The van der Waals surface area contributed by atoms with Crippen LogP contribution in [-0.4, -0.2) is 63.3 Å². The summed E-state index contributed by atoms with van der Waals surface area (Å²) in [7, 11) is 1.49. The number of aryl methyl sites for hydroxylation is 1. The van der Waals surface area contributed by atoms with E-state index in [4.69, 9.17) is 0 Å². The molecule has 1 aliphatic heterocycles. The van der Waals surface area contributed by atoms with E-state index in [1.54, 1.807) is 0 Å². The van der Waals surface area contributed by atoms with Gasteiger partial charge in [0.1, 0.15) is 11.2 Å². The Morgan fingerprint density at radius 3 is 2.77 bits per heavy atom. The van der Waals surface area contributed by atoms with Gasteiger partial charge >= 0.3 is 0 Å². The molecule has 1 saturated heterocycles. The fraction of sp³-hybridized carbons (Fsp3) is 0.478. The molecule has 1 atom stereocenters.